The second-order valence-electron chi connectivity index (χ2n) is 12.5. The van der Waals surface area contributed by atoms with E-state index in [1.54, 1.807) is 6.08 Å². The predicted octanol–water partition coefficient (Wildman–Crippen LogP) is 0.994. The van der Waals surface area contributed by atoms with E-state index in [1.165, 1.54) is 12.7 Å². The molecular weight excluding hydrogens is 642 g/mol. The SMILES string of the molecule is Nc1ncnc2c1c(/C=C1\C(=O)Nc3ccccc31)nn2C1CC1.Nc1ncnc2c1c(CC1C(=O)Nc3ccccc31)nn2C1CC1.[B].[H-].[Na+]. The van der Waals surface area contributed by atoms with E-state index in [0.29, 0.717) is 46.8 Å². The fourth-order valence-electron chi connectivity index (χ4n) is 6.57. The van der Waals surface area contributed by atoms with Gasteiger partial charge in [0.15, 0.2) is 11.3 Å². The summed E-state index contributed by atoms with van der Waals surface area (Å²) in [6, 6.07) is 16.1. The number of hydrogen-bond donors (Lipinski definition) is 4. The first-order valence-corrected chi connectivity index (χ1v) is 15.9. The van der Waals surface area contributed by atoms with Gasteiger partial charge in [-0.05, 0) is 49.5 Å². The Kier molecular flexibility index (Phi) is 8.66. The van der Waals surface area contributed by atoms with E-state index >= 15 is 0 Å². The summed E-state index contributed by atoms with van der Waals surface area (Å²) in [6.45, 7) is 0. The number of nitrogen functional groups attached to an aromatic ring is 2. The molecule has 2 fully saturated rings. The second kappa shape index (κ2) is 13.0. The summed E-state index contributed by atoms with van der Waals surface area (Å²) < 4.78 is 3.85. The van der Waals surface area contributed by atoms with E-state index in [-0.39, 0.29) is 57.1 Å². The molecule has 0 saturated heterocycles. The van der Waals surface area contributed by atoms with E-state index in [9.17, 15) is 9.59 Å². The Morgan fingerprint density at radius 1 is 0.780 bits per heavy atom. The van der Waals surface area contributed by atoms with Gasteiger partial charge in [0.1, 0.15) is 24.3 Å². The molecule has 10 rings (SSSR count). The van der Waals surface area contributed by atoms with Crippen LogP contribution in [0.1, 0.15) is 67.6 Å². The van der Waals surface area contributed by atoms with Crippen molar-refractivity contribution in [2.45, 2.75) is 50.1 Å². The summed E-state index contributed by atoms with van der Waals surface area (Å²) in [5.41, 5.74) is 19.2. The van der Waals surface area contributed by atoms with Crippen molar-refractivity contribution in [1.82, 2.24) is 39.5 Å². The smallest absolute Gasteiger partial charge is 1.00 e. The molecule has 4 aromatic heterocycles. The number of nitrogens with zero attached hydrogens (tertiary/aromatic N) is 8. The normalized spacial score (nSPS) is 18.1. The standard InChI is InChI=1S/C17H16N6O.C17H14N6O.B.Na.H/c2*18-15-14-13(22-23(9-5-6-9)16(14)20-8-19-15)7-11-10-3-1-2-4-12(10)21-17(11)24;;;/h1-4,8-9,11H,5-7H2,(H,21,24)(H2,18,19,20);1-4,7-9H,5-6H2,(H,21,24)(H2,18,19,20);;;/q;;;+1;-1/b;11-7-;;;. The fraction of sp³-hybridized carbons (Fsp3) is 0.235. The number of aromatic nitrogens is 8. The van der Waals surface area contributed by atoms with Crippen LogP contribution in [0.2, 0.25) is 0 Å². The van der Waals surface area contributed by atoms with E-state index in [2.05, 4.69) is 35.7 Å². The average molecular weight is 674 g/mol. The first-order valence-electron chi connectivity index (χ1n) is 15.9. The van der Waals surface area contributed by atoms with Gasteiger partial charge in [0, 0.05) is 31.8 Å². The first kappa shape index (κ1) is 33.4. The molecule has 243 valence electrons. The molecule has 14 nitrogen and oxygen atoms in total. The van der Waals surface area contributed by atoms with Gasteiger partial charge in [-0.25, -0.2) is 29.3 Å². The minimum Gasteiger partial charge on any atom is -1.00 e. The number of fused-ring (bicyclic) bond motifs is 4. The van der Waals surface area contributed by atoms with Gasteiger partial charge in [-0.1, -0.05) is 36.4 Å². The molecule has 6 N–H and O–H groups in total. The van der Waals surface area contributed by atoms with Crippen LogP contribution in [0, 0.1) is 0 Å². The molecule has 0 spiro atoms. The summed E-state index contributed by atoms with van der Waals surface area (Å²) >= 11 is 0. The largest absolute Gasteiger partial charge is 1.00 e. The summed E-state index contributed by atoms with van der Waals surface area (Å²) in [5, 5.41) is 16.7. The van der Waals surface area contributed by atoms with Crippen molar-refractivity contribution in [1.29, 1.82) is 0 Å². The Hall–Kier alpha value is -5.12. The number of rotatable bonds is 5. The molecule has 1 atom stereocenters. The van der Waals surface area contributed by atoms with Gasteiger partial charge >= 0.3 is 29.6 Å². The Bertz CT molecular complexity index is 2350. The summed E-state index contributed by atoms with van der Waals surface area (Å²) in [6.07, 6.45) is 9.57. The van der Waals surface area contributed by atoms with Gasteiger partial charge in [0.2, 0.25) is 5.91 Å². The molecule has 16 heteroatoms. The van der Waals surface area contributed by atoms with E-state index in [0.717, 1.165) is 70.6 Å². The van der Waals surface area contributed by atoms with Crippen molar-refractivity contribution >= 4 is 77.0 Å². The molecule has 2 aliphatic heterocycles. The van der Waals surface area contributed by atoms with Gasteiger partial charge in [-0.2, -0.15) is 10.2 Å². The molecule has 0 bridgehead atoms. The van der Waals surface area contributed by atoms with E-state index in [1.807, 2.05) is 57.9 Å². The predicted molar refractivity (Wildman–Crippen MR) is 187 cm³/mol. The van der Waals surface area contributed by atoms with Crippen LogP contribution >= 0.6 is 0 Å². The maximum Gasteiger partial charge on any atom is 1.00 e. The molecular formula is C34H31BN12NaO2. The third-order valence-corrected chi connectivity index (χ3v) is 9.22. The molecule has 6 heterocycles. The van der Waals surface area contributed by atoms with Gasteiger partial charge in [-0.3, -0.25) is 9.59 Å². The zero-order chi connectivity index (χ0) is 32.5. The number of carbonyl (C=O) groups is 2. The van der Waals surface area contributed by atoms with Crippen LogP contribution in [0.15, 0.2) is 61.2 Å². The summed E-state index contributed by atoms with van der Waals surface area (Å²) in [7, 11) is 0. The van der Waals surface area contributed by atoms with Crippen LogP contribution in [0.4, 0.5) is 23.0 Å². The number of nitrogens with two attached hydrogens (primary N) is 2. The Morgan fingerprint density at radius 3 is 2.08 bits per heavy atom. The summed E-state index contributed by atoms with van der Waals surface area (Å²) in [4.78, 5) is 41.6. The minimum absolute atomic E-state index is 0. The Balaban J connectivity index is 0.000000166. The molecule has 2 amide bonds. The molecule has 50 heavy (non-hydrogen) atoms. The minimum atomic E-state index is -0.258. The van der Waals surface area contributed by atoms with Gasteiger partial charge in [0.05, 0.1) is 45.7 Å². The van der Waals surface area contributed by atoms with Crippen molar-refractivity contribution in [2.24, 2.45) is 0 Å². The summed E-state index contributed by atoms with van der Waals surface area (Å²) in [5.74, 6) is 0.409. The molecule has 4 aliphatic rings. The van der Waals surface area contributed by atoms with E-state index in [4.69, 9.17) is 16.6 Å². The maximum atomic E-state index is 12.4. The molecule has 2 aromatic carbocycles. The second-order valence-corrected chi connectivity index (χ2v) is 12.5. The quantitative estimate of drug-likeness (QED) is 0.151. The van der Waals surface area contributed by atoms with Gasteiger partial charge in [0.25, 0.3) is 5.91 Å². The van der Waals surface area contributed by atoms with Crippen LogP contribution in [0.3, 0.4) is 0 Å². The maximum absolute atomic E-state index is 12.4. The van der Waals surface area contributed by atoms with Crippen LogP contribution < -0.4 is 51.7 Å². The van der Waals surface area contributed by atoms with Crippen molar-refractivity contribution < 1.29 is 40.6 Å². The number of anilines is 4. The molecule has 1 unspecified atom stereocenters. The van der Waals surface area contributed by atoms with Crippen LogP contribution in [0.25, 0.3) is 33.7 Å². The monoisotopic (exact) mass is 673 g/mol. The fourth-order valence-corrected chi connectivity index (χ4v) is 6.57. The average Bonchev–Trinajstić information content (AvgIpc) is 4.00. The van der Waals surface area contributed by atoms with Crippen LogP contribution in [-0.2, 0) is 16.0 Å². The third-order valence-electron chi connectivity index (χ3n) is 9.22. The molecule has 2 aliphatic carbocycles. The number of carbonyl (C=O) groups excluding carboxylic acids is 2. The number of hydrogen-bond acceptors (Lipinski definition) is 10. The molecule has 2 saturated carbocycles. The van der Waals surface area contributed by atoms with Crippen molar-refractivity contribution in [3.63, 3.8) is 0 Å². The zero-order valence-electron chi connectivity index (χ0n) is 28.2. The van der Waals surface area contributed by atoms with Gasteiger partial charge in [-0.15, -0.1) is 0 Å². The van der Waals surface area contributed by atoms with E-state index < -0.39 is 0 Å². The Morgan fingerprint density at radius 2 is 1.38 bits per heavy atom. The third kappa shape index (κ3) is 5.70. The number of para-hydroxylation sites is 2. The topological polar surface area (TPSA) is 197 Å². The molecule has 6 aromatic rings. The number of amides is 2. The van der Waals surface area contributed by atoms with Crippen molar-refractivity contribution in [3.8, 4) is 0 Å². The molecule has 3 radical (unpaired) electrons. The zero-order valence-corrected chi connectivity index (χ0v) is 29.2. The number of benzene rings is 2. The van der Waals surface area contributed by atoms with Gasteiger partial charge < -0.3 is 23.5 Å². The Labute approximate surface area is 311 Å². The van der Waals surface area contributed by atoms with Crippen LogP contribution in [0.5, 0.6) is 0 Å². The first-order chi connectivity index (χ1) is 23.4. The number of nitrogens with one attached hydrogen (secondary N) is 2. The van der Waals surface area contributed by atoms with Crippen molar-refractivity contribution in [3.05, 3.63) is 83.7 Å². The van der Waals surface area contributed by atoms with Crippen molar-refractivity contribution in [2.75, 3.05) is 22.1 Å². The van der Waals surface area contributed by atoms with Crippen LogP contribution in [-0.4, -0.2) is 59.7 Å².